The van der Waals surface area contributed by atoms with Gasteiger partial charge in [-0.15, -0.1) is 0 Å². The number of benzene rings is 2. The number of carbonyl (C=O) groups is 3. The van der Waals surface area contributed by atoms with Gasteiger partial charge in [0.1, 0.15) is 5.60 Å². The molecule has 0 radical (unpaired) electrons. The average molecular weight is 363 g/mol. The van der Waals surface area contributed by atoms with E-state index >= 15 is 0 Å². The van der Waals surface area contributed by atoms with Crippen molar-refractivity contribution in [3.63, 3.8) is 0 Å². The molecule has 2 aromatic rings. The fraction of sp³-hybridized carbons (Fsp3) is 0.227. The van der Waals surface area contributed by atoms with Gasteiger partial charge in [0.2, 0.25) is 0 Å². The van der Waals surface area contributed by atoms with Crippen molar-refractivity contribution < 1.29 is 19.1 Å². The number of hydrogen-bond acceptors (Lipinski definition) is 4. The van der Waals surface area contributed by atoms with E-state index in [1.807, 2.05) is 45.0 Å². The van der Waals surface area contributed by atoms with E-state index in [0.717, 1.165) is 16.0 Å². The van der Waals surface area contributed by atoms with Crippen molar-refractivity contribution in [1.82, 2.24) is 4.90 Å². The quantitative estimate of drug-likeness (QED) is 0.612. The summed E-state index contributed by atoms with van der Waals surface area (Å²) in [5, 5.41) is 0. The van der Waals surface area contributed by atoms with Crippen LogP contribution in [0.3, 0.4) is 0 Å². The predicted molar refractivity (Wildman–Crippen MR) is 102 cm³/mol. The molecule has 0 N–H and O–H groups in total. The van der Waals surface area contributed by atoms with Crippen LogP contribution in [0.4, 0.5) is 0 Å². The third-order valence-electron chi connectivity index (χ3n) is 4.04. The molecule has 2 aromatic carbocycles. The van der Waals surface area contributed by atoms with Gasteiger partial charge in [-0.2, -0.15) is 0 Å². The Morgan fingerprint density at radius 2 is 1.52 bits per heavy atom. The van der Waals surface area contributed by atoms with Gasteiger partial charge in [0.15, 0.2) is 0 Å². The molecule has 27 heavy (non-hydrogen) atoms. The van der Waals surface area contributed by atoms with Crippen molar-refractivity contribution in [2.75, 3.05) is 0 Å². The monoisotopic (exact) mass is 363 g/mol. The predicted octanol–water partition coefficient (Wildman–Crippen LogP) is 3.84. The molecule has 0 atom stereocenters. The Bertz CT molecular complexity index is 902. The molecule has 0 saturated carbocycles. The molecule has 0 bridgehead atoms. The summed E-state index contributed by atoms with van der Waals surface area (Å²) in [6.45, 7) is 5.46. The number of amides is 2. The highest BCUT2D eigenvalue weighted by atomic mass is 16.6. The molecule has 0 spiro atoms. The number of fused-ring (bicyclic) bond motifs is 1. The summed E-state index contributed by atoms with van der Waals surface area (Å²) < 4.78 is 5.37. The van der Waals surface area contributed by atoms with Crippen LogP contribution >= 0.6 is 0 Å². The number of rotatable bonds is 4. The van der Waals surface area contributed by atoms with Gasteiger partial charge in [0.05, 0.1) is 17.5 Å². The Morgan fingerprint density at radius 1 is 0.963 bits per heavy atom. The summed E-state index contributed by atoms with van der Waals surface area (Å²) in [6, 6.07) is 14.1. The van der Waals surface area contributed by atoms with E-state index in [1.54, 1.807) is 30.3 Å². The highest BCUT2D eigenvalue weighted by Gasteiger charge is 2.33. The van der Waals surface area contributed by atoms with Gasteiger partial charge in [0.25, 0.3) is 11.8 Å². The third-order valence-corrected chi connectivity index (χ3v) is 4.04. The number of esters is 1. The second-order valence-corrected chi connectivity index (χ2v) is 7.30. The molecule has 5 heteroatoms. The molecule has 0 saturated heterocycles. The molecule has 1 aliphatic rings. The molecule has 0 aromatic heterocycles. The minimum Gasteiger partial charge on any atom is -0.460 e. The first-order chi connectivity index (χ1) is 12.8. The average Bonchev–Trinajstić information content (AvgIpc) is 2.84. The molecular weight excluding hydrogens is 342 g/mol. The van der Waals surface area contributed by atoms with Crippen LogP contribution < -0.4 is 0 Å². The number of carbonyl (C=O) groups excluding carboxylic acids is 3. The molecule has 0 aliphatic carbocycles. The third kappa shape index (κ3) is 4.14. The van der Waals surface area contributed by atoms with Gasteiger partial charge in [-0.1, -0.05) is 36.4 Å². The largest absolute Gasteiger partial charge is 0.460 e. The maximum atomic E-state index is 12.4. The van der Waals surface area contributed by atoms with Crippen molar-refractivity contribution in [2.24, 2.45) is 0 Å². The summed E-state index contributed by atoms with van der Waals surface area (Å²) in [6.07, 6.45) is 3.24. The molecule has 3 rings (SSSR count). The summed E-state index contributed by atoms with van der Waals surface area (Å²) in [7, 11) is 0. The zero-order valence-electron chi connectivity index (χ0n) is 15.6. The lowest BCUT2D eigenvalue weighted by atomic mass is 10.0. The van der Waals surface area contributed by atoms with Crippen molar-refractivity contribution in [3.05, 3.63) is 77.0 Å². The maximum absolute atomic E-state index is 12.4. The standard InChI is InChI=1S/C22H21NO4/c1-22(2,3)27-19(24)14-16-9-5-4-8-15(16)12-13-23-20(25)17-10-6-7-11-18(17)21(23)26/h4-13H,14H2,1-3H3/b13-12+. The number of imide groups is 1. The normalized spacial score (nSPS) is 14.0. The number of nitrogens with zero attached hydrogens (tertiary/aromatic N) is 1. The summed E-state index contributed by atoms with van der Waals surface area (Å²) in [5.41, 5.74) is 1.75. The summed E-state index contributed by atoms with van der Waals surface area (Å²) >= 11 is 0. The minimum atomic E-state index is -0.554. The van der Waals surface area contributed by atoms with Gasteiger partial charge in [-0.05, 0) is 50.1 Å². The highest BCUT2D eigenvalue weighted by molar-refractivity contribution is 6.22. The van der Waals surface area contributed by atoms with E-state index in [1.165, 1.54) is 6.20 Å². The SMILES string of the molecule is CC(C)(C)OC(=O)Cc1ccccc1/C=C/N1C(=O)c2ccccc2C1=O. The first-order valence-corrected chi connectivity index (χ1v) is 8.71. The lowest BCUT2D eigenvalue weighted by Gasteiger charge is -2.19. The van der Waals surface area contributed by atoms with Gasteiger partial charge < -0.3 is 4.74 Å². The van der Waals surface area contributed by atoms with Crippen molar-refractivity contribution >= 4 is 23.9 Å². The fourth-order valence-electron chi connectivity index (χ4n) is 2.89. The van der Waals surface area contributed by atoms with E-state index in [9.17, 15) is 14.4 Å². The second-order valence-electron chi connectivity index (χ2n) is 7.30. The van der Waals surface area contributed by atoms with Gasteiger partial charge in [-0.25, -0.2) is 4.90 Å². The molecular formula is C22H21NO4. The lowest BCUT2D eigenvalue weighted by Crippen LogP contribution is -2.25. The number of ether oxygens (including phenoxy) is 1. The first kappa shape index (κ1) is 18.6. The molecule has 1 aliphatic heterocycles. The summed E-state index contributed by atoms with van der Waals surface area (Å²) in [5.74, 6) is -1.03. The molecule has 0 unspecified atom stereocenters. The lowest BCUT2D eigenvalue weighted by molar-refractivity contribution is -0.153. The van der Waals surface area contributed by atoms with Crippen molar-refractivity contribution in [2.45, 2.75) is 32.8 Å². The second kappa shape index (κ2) is 7.19. The van der Waals surface area contributed by atoms with E-state index in [-0.39, 0.29) is 24.2 Å². The smallest absolute Gasteiger partial charge is 0.310 e. The van der Waals surface area contributed by atoms with Crippen molar-refractivity contribution in [3.8, 4) is 0 Å². The maximum Gasteiger partial charge on any atom is 0.310 e. The molecule has 2 amide bonds. The van der Waals surface area contributed by atoms with Crippen LogP contribution in [0.2, 0.25) is 0 Å². The van der Waals surface area contributed by atoms with Gasteiger partial charge >= 0.3 is 5.97 Å². The Kier molecular flexibility index (Phi) is 4.95. The van der Waals surface area contributed by atoms with Crippen LogP contribution in [0, 0.1) is 0 Å². The Balaban J connectivity index is 1.80. The van der Waals surface area contributed by atoms with Crippen LogP contribution in [0.5, 0.6) is 0 Å². The number of hydrogen-bond donors (Lipinski definition) is 0. The molecule has 138 valence electrons. The van der Waals surface area contributed by atoms with E-state index in [0.29, 0.717) is 11.1 Å². The van der Waals surface area contributed by atoms with Gasteiger partial charge in [-0.3, -0.25) is 14.4 Å². The van der Waals surface area contributed by atoms with Crippen molar-refractivity contribution in [1.29, 1.82) is 0 Å². The molecule has 1 heterocycles. The topological polar surface area (TPSA) is 63.7 Å². The first-order valence-electron chi connectivity index (χ1n) is 8.71. The van der Waals surface area contributed by atoms with E-state index in [2.05, 4.69) is 0 Å². The van der Waals surface area contributed by atoms with E-state index in [4.69, 9.17) is 4.74 Å². The van der Waals surface area contributed by atoms with Crippen LogP contribution in [0.25, 0.3) is 6.08 Å². The molecule has 0 fully saturated rings. The Labute approximate surface area is 158 Å². The zero-order chi connectivity index (χ0) is 19.6. The van der Waals surface area contributed by atoms with Crippen LogP contribution in [0.1, 0.15) is 52.6 Å². The zero-order valence-corrected chi connectivity index (χ0v) is 15.6. The van der Waals surface area contributed by atoms with Crippen LogP contribution in [-0.2, 0) is 16.0 Å². The van der Waals surface area contributed by atoms with Gasteiger partial charge in [0, 0.05) is 6.20 Å². The van der Waals surface area contributed by atoms with E-state index < -0.39 is 5.60 Å². The summed E-state index contributed by atoms with van der Waals surface area (Å²) in [4.78, 5) is 38.1. The molecule has 5 nitrogen and oxygen atoms in total. The fourth-order valence-corrected chi connectivity index (χ4v) is 2.89. The van der Waals surface area contributed by atoms with Crippen LogP contribution in [0.15, 0.2) is 54.7 Å². The minimum absolute atomic E-state index is 0.111. The Hall–Kier alpha value is -3.21. The Morgan fingerprint density at radius 3 is 2.11 bits per heavy atom. The highest BCUT2D eigenvalue weighted by Crippen LogP contribution is 2.23. The van der Waals surface area contributed by atoms with Crippen LogP contribution in [-0.4, -0.2) is 28.3 Å².